The fraction of sp³-hybridized carbons (Fsp3) is 0.583. The number of carbonyl (C=O) groups excluding carboxylic acids is 3. The molecule has 0 unspecified atom stereocenters. The number of hydrogen-bond donors (Lipinski definition) is 3. The van der Waals surface area contributed by atoms with Crippen molar-refractivity contribution in [3.05, 3.63) is 52.1 Å². The van der Waals surface area contributed by atoms with E-state index >= 15 is 0 Å². The van der Waals surface area contributed by atoms with Crippen LogP contribution in [0.15, 0.2) is 35.8 Å². The summed E-state index contributed by atoms with van der Waals surface area (Å²) in [6, 6.07) is 5.57. The molecule has 2 aliphatic heterocycles. The van der Waals surface area contributed by atoms with Crippen molar-refractivity contribution in [2.75, 3.05) is 51.3 Å². The number of anilines is 1. The van der Waals surface area contributed by atoms with E-state index in [2.05, 4.69) is 20.5 Å². The maximum Gasteiger partial charge on any atom is 0.408 e. The Kier molecular flexibility index (Phi) is 15.1. The molecule has 3 aromatic heterocycles. The van der Waals surface area contributed by atoms with Crippen molar-refractivity contribution in [2.45, 2.75) is 130 Å². The van der Waals surface area contributed by atoms with E-state index in [1.807, 2.05) is 32.9 Å². The van der Waals surface area contributed by atoms with E-state index in [0.717, 1.165) is 31.9 Å². The van der Waals surface area contributed by atoms with Crippen LogP contribution < -0.4 is 15.6 Å². The van der Waals surface area contributed by atoms with E-state index in [9.17, 15) is 37.5 Å². The predicted molar refractivity (Wildman–Crippen MR) is 251 cm³/mol. The zero-order chi connectivity index (χ0) is 49.3. The van der Waals surface area contributed by atoms with E-state index in [4.69, 9.17) is 24.2 Å². The molecular formula is C48H63F3N8O8S. The van der Waals surface area contributed by atoms with E-state index < -0.39 is 65.9 Å². The number of carboxylic acids is 1. The van der Waals surface area contributed by atoms with E-state index in [1.54, 1.807) is 44.5 Å². The number of aliphatic carboxylic acids is 1. The fourth-order valence-electron chi connectivity index (χ4n) is 8.96. The van der Waals surface area contributed by atoms with Gasteiger partial charge < -0.3 is 34.1 Å². The quantitative estimate of drug-likeness (QED) is 0.0939. The number of ether oxygens (including phenoxy) is 3. The lowest BCUT2D eigenvalue weighted by molar-refractivity contribution is -0.148. The number of aromatic nitrogens is 3. The number of amides is 2. The molecule has 5 heterocycles. The van der Waals surface area contributed by atoms with Crippen molar-refractivity contribution in [1.82, 2.24) is 35.2 Å². The second-order valence-electron chi connectivity index (χ2n) is 19.8. The Morgan fingerprint density at radius 3 is 2.37 bits per heavy atom. The molecule has 3 N–H and O–H groups in total. The number of hydrogen-bond acceptors (Lipinski definition) is 13. The highest BCUT2D eigenvalue weighted by atomic mass is 32.1. The summed E-state index contributed by atoms with van der Waals surface area (Å²) in [4.78, 5) is 65.4. The number of benzene rings is 1. The summed E-state index contributed by atoms with van der Waals surface area (Å²) >= 11 is 1.23. The maximum absolute atomic E-state index is 14.9. The molecule has 370 valence electrons. The number of carboxylic acid groups (broad SMARTS) is 1. The number of hydrazine groups is 1. The number of alkyl halides is 3. The third-order valence-corrected chi connectivity index (χ3v) is 13.3. The lowest BCUT2D eigenvalue weighted by Crippen LogP contribution is -2.60. The van der Waals surface area contributed by atoms with Gasteiger partial charge >= 0.3 is 24.2 Å². The van der Waals surface area contributed by atoms with Crippen LogP contribution in [0.25, 0.3) is 33.4 Å². The van der Waals surface area contributed by atoms with Crippen molar-refractivity contribution in [1.29, 1.82) is 0 Å². The summed E-state index contributed by atoms with van der Waals surface area (Å²) in [6.45, 7) is 14.2. The van der Waals surface area contributed by atoms with Crippen LogP contribution >= 0.6 is 11.3 Å². The van der Waals surface area contributed by atoms with Gasteiger partial charge in [-0.15, -0.1) is 11.3 Å². The van der Waals surface area contributed by atoms with Crippen LogP contribution in [0.3, 0.4) is 0 Å². The highest BCUT2D eigenvalue weighted by Crippen LogP contribution is 2.44. The number of carbonyl (C=O) groups is 4. The number of halogens is 3. The topological polar surface area (TPSA) is 181 Å². The van der Waals surface area contributed by atoms with Gasteiger partial charge in [0.25, 0.3) is 5.91 Å². The maximum atomic E-state index is 14.9. The number of methoxy groups -OCH3 is 1. The molecule has 1 saturated carbocycles. The van der Waals surface area contributed by atoms with Crippen molar-refractivity contribution in [3.63, 3.8) is 0 Å². The van der Waals surface area contributed by atoms with E-state index in [0.29, 0.717) is 68.6 Å². The van der Waals surface area contributed by atoms with Crippen LogP contribution in [-0.2, 0) is 48.0 Å². The van der Waals surface area contributed by atoms with Gasteiger partial charge in [-0.1, -0.05) is 19.9 Å². The molecule has 2 amide bonds. The Bertz CT molecular complexity index is 2490. The second-order valence-corrected chi connectivity index (χ2v) is 20.8. The van der Waals surface area contributed by atoms with Crippen molar-refractivity contribution < 1.29 is 51.7 Å². The van der Waals surface area contributed by atoms with Gasteiger partial charge in [0.1, 0.15) is 24.2 Å². The third-order valence-electron chi connectivity index (χ3n) is 12.4. The minimum absolute atomic E-state index is 0.00881. The summed E-state index contributed by atoms with van der Waals surface area (Å²) in [6.07, 6.45) is -0.975. The van der Waals surface area contributed by atoms with Gasteiger partial charge in [-0.25, -0.2) is 15.2 Å². The summed E-state index contributed by atoms with van der Waals surface area (Å²) in [5.41, 5.74) is 5.25. The Hall–Kier alpha value is -5.31. The van der Waals surface area contributed by atoms with E-state index in [1.165, 1.54) is 47.8 Å². The number of piperazine rings is 1. The van der Waals surface area contributed by atoms with Crippen LogP contribution in [-0.4, -0.2) is 130 Å². The first-order valence-corrected chi connectivity index (χ1v) is 24.0. The second kappa shape index (κ2) is 20.3. The number of rotatable bonds is 16. The molecular weight excluding hydrogens is 906 g/mol. The first kappa shape index (κ1) is 50.6. The average molecular weight is 969 g/mol. The zero-order valence-electron chi connectivity index (χ0n) is 40.0. The average Bonchev–Trinajstić information content (AvgIpc) is 3.96. The smallest absolute Gasteiger partial charge is 0.408 e. The largest absolute Gasteiger partial charge is 0.480 e. The minimum atomic E-state index is -4.62. The SMILES string of the molecule is CO[C@@H](C)c1ncc(N2CCN(C3CC3)CC2)cc1-c1c(CC(C)(C)COC(C)=O)c2cc(-c3csc(C[C@H](NC(=O)OC(C)(C)C)C(=O)N4CCC[C@@H](C(=O)O)N4)n3)ccc2n1CC(F)(F)F. The molecule has 3 atom stereocenters. The van der Waals surface area contributed by atoms with Gasteiger partial charge in [-0.2, -0.15) is 13.2 Å². The molecule has 0 spiro atoms. The lowest BCUT2D eigenvalue weighted by atomic mass is 9.84. The number of pyridine rings is 1. The summed E-state index contributed by atoms with van der Waals surface area (Å²) in [7, 11) is 1.54. The molecule has 1 aromatic carbocycles. The number of esters is 1. The molecule has 3 fully saturated rings. The minimum Gasteiger partial charge on any atom is -0.480 e. The van der Waals surface area contributed by atoms with Gasteiger partial charge in [-0.3, -0.25) is 29.3 Å². The first-order valence-electron chi connectivity index (χ1n) is 23.1. The predicted octanol–water partition coefficient (Wildman–Crippen LogP) is 7.53. The standard InChI is InChI=1S/C48H63F3N8O8S/c1-28(65-8)41-34(21-32(24-52-41)57-18-16-56(17-19-57)31-12-13-31)42-35(23-47(6,7)27-66-29(2)60)33-20-30(11-14-39(33)58(42)26-48(49,50)51)38-25-68-40(53-38)22-37(54-45(64)67-46(3,4)5)43(61)59-15-9-10-36(55-59)44(62)63/h11,14,20-21,24-25,28,31,36-37,55H,9-10,12-13,15-19,22-23,26-27H2,1-8H3,(H,54,64)(H,62,63)/t28-,36-,37-/m0/s1. The normalized spacial score (nSPS) is 18.4. The Morgan fingerprint density at radius 1 is 1.01 bits per heavy atom. The van der Waals surface area contributed by atoms with Crippen molar-refractivity contribution in [2.24, 2.45) is 5.41 Å². The number of thiazole rings is 1. The molecule has 1 aliphatic carbocycles. The Balaban J connectivity index is 1.32. The fourth-order valence-corrected chi connectivity index (χ4v) is 9.81. The van der Waals surface area contributed by atoms with Gasteiger partial charge in [0, 0.05) is 92.0 Å². The molecule has 0 bridgehead atoms. The van der Waals surface area contributed by atoms with E-state index in [-0.39, 0.29) is 26.0 Å². The molecule has 0 radical (unpaired) electrons. The lowest BCUT2D eigenvalue weighted by Gasteiger charge is -2.36. The zero-order valence-corrected chi connectivity index (χ0v) is 40.8. The molecule has 2 saturated heterocycles. The number of nitrogens with zero attached hydrogens (tertiary/aromatic N) is 6. The highest BCUT2D eigenvalue weighted by Gasteiger charge is 2.37. The number of nitrogens with one attached hydrogen (secondary N) is 2. The first-order chi connectivity index (χ1) is 32.0. The molecule has 68 heavy (non-hydrogen) atoms. The molecule has 3 aliphatic rings. The van der Waals surface area contributed by atoms with Crippen LogP contribution in [0.1, 0.15) is 96.5 Å². The van der Waals surface area contributed by atoms with Crippen LogP contribution in [0.5, 0.6) is 0 Å². The van der Waals surface area contributed by atoms with Gasteiger partial charge in [0.15, 0.2) is 0 Å². The molecule has 7 rings (SSSR count). The van der Waals surface area contributed by atoms with Crippen LogP contribution in [0, 0.1) is 5.41 Å². The summed E-state index contributed by atoms with van der Waals surface area (Å²) < 4.78 is 62.9. The number of fused-ring (bicyclic) bond motifs is 1. The number of alkyl carbamates (subject to hydrolysis) is 1. The van der Waals surface area contributed by atoms with Gasteiger partial charge in [0.05, 0.1) is 46.7 Å². The van der Waals surface area contributed by atoms with Gasteiger partial charge in [0.2, 0.25) is 0 Å². The third kappa shape index (κ3) is 12.5. The Morgan fingerprint density at radius 2 is 1.74 bits per heavy atom. The summed E-state index contributed by atoms with van der Waals surface area (Å²) in [5, 5.41) is 16.3. The van der Waals surface area contributed by atoms with Crippen molar-refractivity contribution >= 4 is 51.9 Å². The molecule has 20 heteroatoms. The summed E-state index contributed by atoms with van der Waals surface area (Å²) in [5.74, 6) is -2.15. The van der Waals surface area contributed by atoms with Gasteiger partial charge in [-0.05, 0) is 83.6 Å². The Labute approximate surface area is 398 Å². The molecule has 4 aromatic rings. The van der Waals surface area contributed by atoms with Crippen LogP contribution in [0.4, 0.5) is 23.7 Å². The highest BCUT2D eigenvalue weighted by molar-refractivity contribution is 7.10. The molecule has 16 nitrogen and oxygen atoms in total. The van der Waals surface area contributed by atoms with Crippen molar-refractivity contribution in [3.8, 4) is 22.5 Å². The monoisotopic (exact) mass is 968 g/mol. The van der Waals surface area contributed by atoms with Crippen LogP contribution in [0.2, 0.25) is 0 Å².